The first-order valence-corrected chi connectivity index (χ1v) is 7.11. The van der Waals surface area contributed by atoms with Gasteiger partial charge in [0.1, 0.15) is 0 Å². The van der Waals surface area contributed by atoms with Gasteiger partial charge in [0.05, 0.1) is 11.5 Å². The van der Waals surface area contributed by atoms with E-state index < -0.39 is 10.8 Å². The van der Waals surface area contributed by atoms with Crippen LogP contribution in [-0.2, 0) is 9.53 Å². The zero-order chi connectivity index (χ0) is 17.2. The lowest BCUT2D eigenvalue weighted by molar-refractivity contribution is -0.384. The minimum Gasteiger partial charge on any atom is -0.383 e. The minimum atomic E-state index is -0.496. The molecule has 8 nitrogen and oxygen atoms in total. The smallest absolute Gasteiger partial charge is 0.270 e. The second-order valence-corrected chi connectivity index (χ2v) is 5.04. The third-order valence-corrected chi connectivity index (χ3v) is 2.82. The van der Waals surface area contributed by atoms with Gasteiger partial charge >= 0.3 is 0 Å². The van der Waals surface area contributed by atoms with E-state index in [1.54, 1.807) is 19.2 Å². The lowest BCUT2D eigenvalue weighted by Gasteiger charge is -2.15. The van der Waals surface area contributed by atoms with Crippen molar-refractivity contribution < 1.29 is 14.5 Å². The number of hydrogen-bond acceptors (Lipinski definition) is 5. The largest absolute Gasteiger partial charge is 0.383 e. The van der Waals surface area contributed by atoms with E-state index in [4.69, 9.17) is 17.0 Å². The molecule has 0 saturated carbocycles. The fourth-order valence-electron chi connectivity index (χ4n) is 1.63. The van der Waals surface area contributed by atoms with E-state index in [0.29, 0.717) is 12.2 Å². The van der Waals surface area contributed by atoms with E-state index in [2.05, 4.69) is 16.2 Å². The van der Waals surface area contributed by atoms with Gasteiger partial charge in [0.15, 0.2) is 5.11 Å². The van der Waals surface area contributed by atoms with Crippen LogP contribution in [0.3, 0.4) is 0 Å². The minimum absolute atomic E-state index is 0.00249. The van der Waals surface area contributed by atoms with Crippen LogP contribution in [0.1, 0.15) is 12.5 Å². The van der Waals surface area contributed by atoms with Crippen LogP contribution in [-0.4, -0.2) is 35.7 Å². The molecule has 0 heterocycles. The number of benzene rings is 1. The monoisotopic (exact) mass is 338 g/mol. The zero-order valence-electron chi connectivity index (χ0n) is 12.7. The molecule has 0 aromatic heterocycles. The van der Waals surface area contributed by atoms with Gasteiger partial charge in [0.25, 0.3) is 11.6 Å². The third kappa shape index (κ3) is 7.34. The van der Waals surface area contributed by atoms with Crippen molar-refractivity contribution >= 4 is 35.0 Å². The molecule has 0 radical (unpaired) electrons. The molecule has 124 valence electrons. The van der Waals surface area contributed by atoms with Gasteiger partial charge < -0.3 is 10.1 Å². The van der Waals surface area contributed by atoms with Crippen molar-refractivity contribution in [1.29, 1.82) is 0 Å². The lowest BCUT2D eigenvalue weighted by Crippen LogP contribution is -2.49. The SMILES string of the molecule is COC[C@@H](C)NC(=S)NNC(=O)/C=C/c1cccc([N+](=O)[O-])c1. The summed E-state index contributed by atoms with van der Waals surface area (Å²) in [6, 6.07) is 5.95. The summed E-state index contributed by atoms with van der Waals surface area (Å²) in [5.41, 5.74) is 5.43. The molecule has 1 aromatic rings. The van der Waals surface area contributed by atoms with E-state index in [-0.39, 0.29) is 16.8 Å². The van der Waals surface area contributed by atoms with Gasteiger partial charge in [-0.1, -0.05) is 12.1 Å². The number of ether oxygens (including phenoxy) is 1. The Bertz CT molecular complexity index is 606. The number of thiocarbonyl (C=S) groups is 1. The molecule has 0 saturated heterocycles. The summed E-state index contributed by atoms with van der Waals surface area (Å²) in [4.78, 5) is 21.8. The molecule has 3 N–H and O–H groups in total. The summed E-state index contributed by atoms with van der Waals surface area (Å²) in [7, 11) is 1.58. The first kappa shape index (κ1) is 18.5. The first-order chi connectivity index (χ1) is 10.9. The summed E-state index contributed by atoms with van der Waals surface area (Å²) < 4.78 is 4.95. The molecular formula is C14H18N4O4S. The Morgan fingerprint density at radius 3 is 2.87 bits per heavy atom. The van der Waals surface area contributed by atoms with Gasteiger partial charge in [-0.2, -0.15) is 0 Å². The van der Waals surface area contributed by atoms with Gasteiger partial charge in [-0.05, 0) is 30.8 Å². The van der Waals surface area contributed by atoms with Crippen molar-refractivity contribution in [2.24, 2.45) is 0 Å². The average Bonchev–Trinajstić information content (AvgIpc) is 2.51. The topological polar surface area (TPSA) is 106 Å². The molecule has 9 heteroatoms. The number of nitrogens with one attached hydrogen (secondary N) is 3. The molecule has 1 amide bonds. The molecule has 1 atom stereocenters. The molecule has 23 heavy (non-hydrogen) atoms. The Morgan fingerprint density at radius 2 is 2.22 bits per heavy atom. The fourth-order valence-corrected chi connectivity index (χ4v) is 1.88. The van der Waals surface area contributed by atoms with Crippen molar-refractivity contribution in [3.05, 3.63) is 46.0 Å². The van der Waals surface area contributed by atoms with Crippen molar-refractivity contribution in [3.63, 3.8) is 0 Å². The Kier molecular flexibility index (Phi) is 7.64. The quantitative estimate of drug-likeness (QED) is 0.309. The number of non-ortho nitro benzene ring substituents is 1. The predicted octanol–water partition coefficient (Wildman–Crippen LogP) is 1.14. The number of carbonyl (C=O) groups excluding carboxylic acids is 1. The molecular weight excluding hydrogens is 320 g/mol. The zero-order valence-corrected chi connectivity index (χ0v) is 13.6. The predicted molar refractivity (Wildman–Crippen MR) is 90.5 cm³/mol. The van der Waals surface area contributed by atoms with Crippen LogP contribution in [0, 0.1) is 10.1 Å². The van der Waals surface area contributed by atoms with E-state index in [1.807, 2.05) is 6.92 Å². The van der Waals surface area contributed by atoms with Crippen LogP contribution < -0.4 is 16.2 Å². The van der Waals surface area contributed by atoms with Gasteiger partial charge in [-0.25, -0.2) is 0 Å². The highest BCUT2D eigenvalue weighted by atomic mass is 32.1. The van der Waals surface area contributed by atoms with E-state index in [0.717, 1.165) is 0 Å². The van der Waals surface area contributed by atoms with Crippen molar-refractivity contribution in [1.82, 2.24) is 16.2 Å². The molecule has 0 unspecified atom stereocenters. The van der Waals surface area contributed by atoms with Gasteiger partial charge in [-0.15, -0.1) is 0 Å². The van der Waals surface area contributed by atoms with Crippen molar-refractivity contribution in [3.8, 4) is 0 Å². The summed E-state index contributed by atoms with van der Waals surface area (Å²) in [6.07, 6.45) is 2.71. The normalized spacial score (nSPS) is 11.7. The Balaban J connectivity index is 2.46. The second-order valence-electron chi connectivity index (χ2n) is 4.63. The summed E-state index contributed by atoms with van der Waals surface area (Å²) in [5.74, 6) is -0.444. The molecule has 1 aromatic carbocycles. The number of amides is 1. The summed E-state index contributed by atoms with van der Waals surface area (Å²) in [6.45, 7) is 2.35. The molecule has 0 aliphatic carbocycles. The molecule has 1 rings (SSSR count). The Morgan fingerprint density at radius 1 is 1.48 bits per heavy atom. The standard InChI is InChI=1S/C14H18N4O4S/c1-10(9-22-2)15-14(23)17-16-13(19)7-6-11-4-3-5-12(8-11)18(20)21/h3-8,10H,9H2,1-2H3,(H,16,19)(H2,15,17,23)/b7-6+/t10-/m1/s1. The number of hydrogen-bond donors (Lipinski definition) is 3. The van der Waals surface area contributed by atoms with Crippen LogP contribution in [0.25, 0.3) is 6.08 Å². The Hall–Kier alpha value is -2.52. The highest BCUT2D eigenvalue weighted by molar-refractivity contribution is 7.80. The van der Waals surface area contributed by atoms with E-state index in [1.165, 1.54) is 24.3 Å². The number of methoxy groups -OCH3 is 1. The van der Waals surface area contributed by atoms with Crippen LogP contribution in [0.5, 0.6) is 0 Å². The van der Waals surface area contributed by atoms with Gasteiger partial charge in [-0.3, -0.25) is 25.8 Å². The number of rotatable bonds is 6. The molecule has 0 fully saturated rings. The molecule has 0 aliphatic rings. The number of nitro benzene ring substituents is 1. The number of nitro groups is 1. The summed E-state index contributed by atoms with van der Waals surface area (Å²) in [5, 5.41) is 13.8. The third-order valence-electron chi connectivity index (χ3n) is 2.60. The molecule has 0 spiro atoms. The van der Waals surface area contributed by atoms with Crippen LogP contribution in [0.2, 0.25) is 0 Å². The van der Waals surface area contributed by atoms with Crippen molar-refractivity contribution in [2.45, 2.75) is 13.0 Å². The van der Waals surface area contributed by atoms with Crippen LogP contribution in [0.4, 0.5) is 5.69 Å². The van der Waals surface area contributed by atoms with Gasteiger partial charge in [0.2, 0.25) is 0 Å². The lowest BCUT2D eigenvalue weighted by atomic mass is 10.2. The van der Waals surface area contributed by atoms with Crippen molar-refractivity contribution in [2.75, 3.05) is 13.7 Å². The maximum Gasteiger partial charge on any atom is 0.270 e. The van der Waals surface area contributed by atoms with Crippen LogP contribution in [0.15, 0.2) is 30.3 Å². The highest BCUT2D eigenvalue weighted by Crippen LogP contribution is 2.13. The van der Waals surface area contributed by atoms with E-state index in [9.17, 15) is 14.9 Å². The maximum absolute atomic E-state index is 11.6. The second kappa shape index (κ2) is 9.49. The maximum atomic E-state index is 11.6. The summed E-state index contributed by atoms with van der Waals surface area (Å²) >= 11 is 4.99. The highest BCUT2D eigenvalue weighted by Gasteiger charge is 2.05. The number of carbonyl (C=O) groups is 1. The fraction of sp³-hybridized carbons (Fsp3) is 0.286. The van der Waals surface area contributed by atoms with Crippen LogP contribution >= 0.6 is 12.2 Å². The average molecular weight is 338 g/mol. The number of nitrogens with zero attached hydrogens (tertiary/aromatic N) is 1. The first-order valence-electron chi connectivity index (χ1n) is 6.70. The van der Waals surface area contributed by atoms with E-state index >= 15 is 0 Å². The number of hydrazine groups is 1. The molecule has 0 aliphatic heterocycles. The van der Waals surface area contributed by atoms with Gasteiger partial charge in [0, 0.05) is 31.4 Å². The Labute approximate surface area is 139 Å². The molecule has 0 bridgehead atoms.